The lowest BCUT2D eigenvalue weighted by molar-refractivity contribution is 0.312. The molecule has 180 valence electrons. The van der Waals surface area contributed by atoms with Gasteiger partial charge in [-0.3, -0.25) is 0 Å². The quantitative estimate of drug-likeness (QED) is 0.441. The van der Waals surface area contributed by atoms with Crippen LogP contribution >= 0.6 is 0 Å². The topological polar surface area (TPSA) is 85.6 Å². The molecule has 1 aromatic carbocycles. The van der Waals surface area contributed by atoms with Crippen molar-refractivity contribution in [1.29, 1.82) is 0 Å². The van der Waals surface area contributed by atoms with Crippen LogP contribution in [0, 0.1) is 0 Å². The standard InChI is InChI=1S/C25H34N8O/c1-5-19(2)33(12-11-26-3)25-28-18-22(34-25)20-7-6-8-21(17-20)29-24-27-10-9-23(30-24)32-15-13-31(4)14-16-32/h5-10,17-19,26H,1,11-16H2,2-4H3,(H,27,29,30). The monoisotopic (exact) mass is 462 g/mol. The highest BCUT2D eigenvalue weighted by molar-refractivity contribution is 5.66. The number of oxazole rings is 1. The van der Waals surface area contributed by atoms with Crippen molar-refractivity contribution in [2.24, 2.45) is 0 Å². The smallest absolute Gasteiger partial charge is 0.298 e. The van der Waals surface area contributed by atoms with E-state index in [0.29, 0.717) is 17.7 Å². The molecule has 0 aliphatic carbocycles. The minimum absolute atomic E-state index is 0.109. The van der Waals surface area contributed by atoms with Crippen molar-refractivity contribution in [2.75, 3.05) is 68.5 Å². The summed E-state index contributed by atoms with van der Waals surface area (Å²) in [5.41, 5.74) is 1.82. The highest BCUT2D eigenvalue weighted by Gasteiger charge is 2.18. The molecule has 1 saturated heterocycles. The molecule has 2 aromatic heterocycles. The van der Waals surface area contributed by atoms with Crippen LogP contribution in [0.3, 0.4) is 0 Å². The van der Waals surface area contributed by atoms with Gasteiger partial charge in [0, 0.05) is 62.8 Å². The molecule has 9 nitrogen and oxygen atoms in total. The third-order valence-electron chi connectivity index (χ3n) is 6.05. The Morgan fingerprint density at radius 2 is 2.03 bits per heavy atom. The Kier molecular flexibility index (Phi) is 7.76. The third kappa shape index (κ3) is 5.73. The number of hydrogen-bond acceptors (Lipinski definition) is 9. The molecule has 1 fully saturated rings. The van der Waals surface area contributed by atoms with E-state index >= 15 is 0 Å². The molecule has 0 spiro atoms. The van der Waals surface area contributed by atoms with Gasteiger partial charge in [0.2, 0.25) is 5.95 Å². The Balaban J connectivity index is 1.49. The minimum atomic E-state index is 0.109. The van der Waals surface area contributed by atoms with Crippen LogP contribution in [-0.4, -0.2) is 79.3 Å². The van der Waals surface area contributed by atoms with Crippen molar-refractivity contribution < 1.29 is 4.42 Å². The fourth-order valence-electron chi connectivity index (χ4n) is 3.86. The van der Waals surface area contributed by atoms with Crippen LogP contribution in [-0.2, 0) is 0 Å². The highest BCUT2D eigenvalue weighted by Crippen LogP contribution is 2.28. The number of hydrogen-bond donors (Lipinski definition) is 2. The van der Waals surface area contributed by atoms with E-state index in [9.17, 15) is 0 Å². The first-order chi connectivity index (χ1) is 16.6. The number of anilines is 4. The fraction of sp³-hybridized carbons (Fsp3) is 0.400. The number of aromatic nitrogens is 3. The molecule has 1 unspecified atom stereocenters. The summed E-state index contributed by atoms with van der Waals surface area (Å²) in [7, 11) is 4.08. The van der Waals surface area contributed by atoms with E-state index in [4.69, 9.17) is 9.40 Å². The molecule has 4 rings (SSSR count). The zero-order valence-corrected chi connectivity index (χ0v) is 20.2. The molecule has 1 aliphatic rings. The van der Waals surface area contributed by atoms with Gasteiger partial charge in [0.15, 0.2) is 5.76 Å². The van der Waals surface area contributed by atoms with Crippen LogP contribution in [0.25, 0.3) is 11.3 Å². The van der Waals surface area contributed by atoms with E-state index in [1.165, 1.54) is 0 Å². The normalized spacial score (nSPS) is 15.2. The van der Waals surface area contributed by atoms with Gasteiger partial charge >= 0.3 is 0 Å². The van der Waals surface area contributed by atoms with E-state index < -0.39 is 0 Å². The third-order valence-corrected chi connectivity index (χ3v) is 6.05. The fourth-order valence-corrected chi connectivity index (χ4v) is 3.86. The number of nitrogens with one attached hydrogen (secondary N) is 2. The van der Waals surface area contributed by atoms with E-state index in [0.717, 1.165) is 56.3 Å². The van der Waals surface area contributed by atoms with Crippen molar-refractivity contribution in [3.05, 3.63) is 55.4 Å². The molecule has 34 heavy (non-hydrogen) atoms. The maximum atomic E-state index is 6.13. The van der Waals surface area contributed by atoms with Crippen LogP contribution in [0.1, 0.15) is 6.92 Å². The number of benzene rings is 1. The SMILES string of the molecule is C=CC(C)N(CCNC)c1ncc(-c2cccc(Nc3nccc(N4CCN(C)CC4)n3)c2)o1. The largest absolute Gasteiger partial charge is 0.423 e. The first-order valence-electron chi connectivity index (χ1n) is 11.7. The summed E-state index contributed by atoms with van der Waals surface area (Å²) >= 11 is 0. The van der Waals surface area contributed by atoms with E-state index in [-0.39, 0.29) is 6.04 Å². The van der Waals surface area contributed by atoms with Gasteiger partial charge in [0.1, 0.15) is 5.82 Å². The summed E-state index contributed by atoms with van der Waals surface area (Å²) < 4.78 is 6.13. The van der Waals surface area contributed by atoms with E-state index in [2.05, 4.69) is 55.9 Å². The summed E-state index contributed by atoms with van der Waals surface area (Å²) in [6.45, 7) is 11.6. The summed E-state index contributed by atoms with van der Waals surface area (Å²) in [5, 5.41) is 6.51. The van der Waals surface area contributed by atoms with Gasteiger partial charge in [-0.2, -0.15) is 4.98 Å². The molecular weight excluding hydrogens is 428 g/mol. The molecule has 2 N–H and O–H groups in total. The number of likely N-dealkylation sites (N-methyl/N-ethyl adjacent to an activating group) is 2. The predicted octanol–water partition coefficient (Wildman–Crippen LogP) is 3.23. The molecule has 3 heterocycles. The predicted molar refractivity (Wildman–Crippen MR) is 138 cm³/mol. The Morgan fingerprint density at radius 3 is 2.79 bits per heavy atom. The molecule has 0 saturated carbocycles. The van der Waals surface area contributed by atoms with E-state index in [1.807, 2.05) is 43.5 Å². The average Bonchev–Trinajstić information content (AvgIpc) is 3.35. The lowest BCUT2D eigenvalue weighted by Crippen LogP contribution is -2.44. The van der Waals surface area contributed by atoms with Crippen molar-refractivity contribution in [3.8, 4) is 11.3 Å². The molecule has 0 bridgehead atoms. The average molecular weight is 463 g/mol. The number of nitrogens with zero attached hydrogens (tertiary/aromatic N) is 6. The Labute approximate surface area is 201 Å². The summed E-state index contributed by atoms with van der Waals surface area (Å²) in [5.74, 6) is 2.22. The molecular formula is C25H34N8O. The molecule has 0 amide bonds. The zero-order chi connectivity index (χ0) is 23.9. The summed E-state index contributed by atoms with van der Waals surface area (Å²) in [6.07, 6.45) is 5.46. The Hall–Kier alpha value is -3.43. The molecule has 1 atom stereocenters. The van der Waals surface area contributed by atoms with Gasteiger partial charge in [-0.25, -0.2) is 9.97 Å². The second-order valence-corrected chi connectivity index (χ2v) is 8.51. The van der Waals surface area contributed by atoms with Gasteiger partial charge in [-0.05, 0) is 39.2 Å². The number of piperazine rings is 1. The van der Waals surface area contributed by atoms with Gasteiger partial charge in [-0.1, -0.05) is 18.2 Å². The van der Waals surface area contributed by atoms with E-state index in [1.54, 1.807) is 12.4 Å². The number of rotatable bonds is 10. The van der Waals surface area contributed by atoms with Crippen LogP contribution in [0.15, 0.2) is 59.8 Å². The summed E-state index contributed by atoms with van der Waals surface area (Å²) in [6, 6.07) is 10.7. The maximum absolute atomic E-state index is 6.13. The lowest BCUT2D eigenvalue weighted by atomic mass is 10.1. The zero-order valence-electron chi connectivity index (χ0n) is 20.2. The molecule has 3 aromatic rings. The minimum Gasteiger partial charge on any atom is -0.423 e. The molecule has 1 aliphatic heterocycles. The van der Waals surface area contributed by atoms with Crippen molar-refractivity contribution in [1.82, 2.24) is 25.2 Å². The summed E-state index contributed by atoms with van der Waals surface area (Å²) in [4.78, 5) is 20.4. The Morgan fingerprint density at radius 1 is 1.21 bits per heavy atom. The van der Waals surface area contributed by atoms with Crippen LogP contribution < -0.4 is 20.4 Å². The van der Waals surface area contributed by atoms with Crippen molar-refractivity contribution >= 4 is 23.5 Å². The highest BCUT2D eigenvalue weighted by atomic mass is 16.4. The second kappa shape index (κ2) is 11.1. The first-order valence-corrected chi connectivity index (χ1v) is 11.7. The molecule has 9 heteroatoms. The first kappa shape index (κ1) is 23.7. The van der Waals surface area contributed by atoms with Gasteiger partial charge < -0.3 is 29.8 Å². The Bertz CT molecular complexity index is 1080. The van der Waals surface area contributed by atoms with Crippen LogP contribution in [0.5, 0.6) is 0 Å². The lowest BCUT2D eigenvalue weighted by Gasteiger charge is -2.33. The van der Waals surface area contributed by atoms with Gasteiger partial charge in [-0.15, -0.1) is 6.58 Å². The maximum Gasteiger partial charge on any atom is 0.298 e. The van der Waals surface area contributed by atoms with Crippen molar-refractivity contribution in [3.63, 3.8) is 0 Å². The molecule has 0 radical (unpaired) electrons. The van der Waals surface area contributed by atoms with Crippen molar-refractivity contribution in [2.45, 2.75) is 13.0 Å². The van der Waals surface area contributed by atoms with Crippen LogP contribution in [0.4, 0.5) is 23.5 Å². The van der Waals surface area contributed by atoms with Gasteiger partial charge in [0.05, 0.1) is 6.20 Å². The van der Waals surface area contributed by atoms with Crippen LogP contribution in [0.2, 0.25) is 0 Å². The van der Waals surface area contributed by atoms with Gasteiger partial charge in [0.25, 0.3) is 6.01 Å². The second-order valence-electron chi connectivity index (χ2n) is 8.51.